The van der Waals surface area contributed by atoms with Crippen LogP contribution in [0.2, 0.25) is 4.39 Å². The molecule has 15 nitrogen and oxygen atoms in total. The zero-order chi connectivity index (χ0) is 26.0. The molecule has 0 saturated carbocycles. The Labute approximate surface area is 211 Å². The van der Waals surface area contributed by atoms with Crippen molar-refractivity contribution in [3.8, 4) is 0 Å². The van der Waals surface area contributed by atoms with Crippen LogP contribution in [0.3, 0.4) is 0 Å². The third-order valence-corrected chi connectivity index (χ3v) is 7.93. The molecule has 0 aromatic heterocycles. The molecule has 15 atom stereocenters. The second-order valence-electron chi connectivity index (χ2n) is 8.50. The predicted molar refractivity (Wildman–Crippen MR) is 104 cm³/mol. The van der Waals surface area contributed by atoms with Gasteiger partial charge >= 0.3 is 199 Å². The first-order chi connectivity index (χ1) is 16.6. The van der Waals surface area contributed by atoms with Crippen molar-refractivity contribution in [2.24, 2.45) is 0 Å². The number of aliphatic hydroxyl groups excluding tert-OH is 9. The van der Waals surface area contributed by atoms with Crippen LogP contribution in [0.25, 0.3) is 0 Å². The van der Waals surface area contributed by atoms with Crippen molar-refractivity contribution in [3.05, 3.63) is 0 Å². The molecule has 3 aliphatic rings. The number of ether oxygens (including phenoxy) is 6. The van der Waals surface area contributed by atoms with E-state index < -0.39 is 110 Å². The Morgan fingerprint density at radius 3 is 1.49 bits per heavy atom. The van der Waals surface area contributed by atoms with E-state index in [0.717, 1.165) is 19.2 Å². The van der Waals surface area contributed by atoms with E-state index in [9.17, 15) is 46.0 Å². The van der Waals surface area contributed by atoms with E-state index in [2.05, 4.69) is 0 Å². The molecule has 0 spiro atoms. The standard InChI is InChI=1S/C19H33O15.Re/c1-29-18-14(27)12(25)17(9(5-22)31-18)34-19-15(28)13(26)16(8(4-21)32-19)33-10-2-6(23)11(24)7(3-20)30-10;/h2,6-28H,3-5H2,1H3;/t6-,7-,8-,9-,10+,11-,12-,13-,14-,15-,16-,17-,18-,19+;/m1./s1. The number of aliphatic hydroxyl groups is 9. The molecule has 35 heavy (non-hydrogen) atoms. The van der Waals surface area contributed by atoms with Crippen molar-refractivity contribution in [2.45, 2.75) is 90.4 Å². The minimum absolute atomic E-state index is 0.615. The second-order valence-corrected chi connectivity index (χ2v) is 10.3. The van der Waals surface area contributed by atoms with Gasteiger partial charge in [0.15, 0.2) is 0 Å². The Morgan fingerprint density at radius 2 is 1.00 bits per heavy atom. The summed E-state index contributed by atoms with van der Waals surface area (Å²) in [5, 5.41) is 91.1. The van der Waals surface area contributed by atoms with Crippen LogP contribution >= 0.6 is 0 Å². The topological polar surface area (TPSA) is 237 Å². The predicted octanol–water partition coefficient (Wildman–Crippen LogP) is -5.94. The molecule has 0 amide bonds. The monoisotopic (exact) mass is 688 g/mol. The summed E-state index contributed by atoms with van der Waals surface area (Å²) >= 11 is 1.01. The van der Waals surface area contributed by atoms with Gasteiger partial charge in [0.05, 0.1) is 0 Å². The average Bonchev–Trinajstić information content (AvgIpc) is 2.86. The SMILES string of the molecule is CO[C@@H]1O[C@H](CO)[C@@H](O[C@@H]2O[C@H](CO)[C@@H](O[C@@H]3O[C@H](CO)[C@H](O)[C@H](O)[C@H]3[Re])[C@H](O)[C@H]2O)[C@H](O)[C@H]1O. The molecule has 16 heteroatoms. The molecule has 9 N–H and O–H groups in total. The fourth-order valence-corrected chi connectivity index (χ4v) is 5.18. The Morgan fingerprint density at radius 1 is 0.571 bits per heavy atom. The number of hydrogen-bond acceptors (Lipinski definition) is 15. The fraction of sp³-hybridized carbons (Fsp3) is 1.00. The van der Waals surface area contributed by atoms with Crippen LogP contribution in [-0.4, -0.2) is 159 Å². The first-order valence-electron chi connectivity index (χ1n) is 10.9. The maximum absolute atomic E-state index is 10.7. The van der Waals surface area contributed by atoms with E-state index in [1.807, 2.05) is 0 Å². The molecule has 3 heterocycles. The summed E-state index contributed by atoms with van der Waals surface area (Å²) in [6.45, 7) is -1.97. The van der Waals surface area contributed by atoms with Crippen LogP contribution in [0.4, 0.5) is 0 Å². The van der Waals surface area contributed by atoms with Gasteiger partial charge in [0, 0.05) is 7.11 Å². The van der Waals surface area contributed by atoms with E-state index in [-0.39, 0.29) is 0 Å². The Balaban J connectivity index is 1.72. The van der Waals surface area contributed by atoms with Gasteiger partial charge in [-0.2, -0.15) is 0 Å². The summed E-state index contributed by atoms with van der Waals surface area (Å²) in [5.41, 5.74) is 0. The van der Waals surface area contributed by atoms with Gasteiger partial charge in [0.25, 0.3) is 0 Å². The van der Waals surface area contributed by atoms with Crippen LogP contribution in [0.5, 0.6) is 0 Å². The normalized spacial score (nSPS) is 51.3. The molecule has 0 radical (unpaired) electrons. The molecular formula is C19H33O15Re. The molecule has 0 aliphatic carbocycles. The first kappa shape index (κ1) is 29.6. The van der Waals surface area contributed by atoms with Crippen LogP contribution in [0.1, 0.15) is 0 Å². The van der Waals surface area contributed by atoms with Gasteiger partial charge in [-0.3, -0.25) is 0 Å². The first-order valence-corrected chi connectivity index (χ1v) is 12.5. The Hall–Kier alpha value is 0.0623. The summed E-state index contributed by atoms with van der Waals surface area (Å²) in [7, 11) is 1.23. The zero-order valence-corrected chi connectivity index (χ0v) is 21.3. The maximum atomic E-state index is 10.7. The van der Waals surface area contributed by atoms with Crippen molar-refractivity contribution >= 4 is 0 Å². The molecule has 0 bridgehead atoms. The number of hydrogen-bond donors (Lipinski definition) is 9. The molecule has 3 saturated heterocycles. The van der Waals surface area contributed by atoms with Crippen LogP contribution in [0, 0.1) is 0 Å². The van der Waals surface area contributed by atoms with E-state index >= 15 is 0 Å². The van der Waals surface area contributed by atoms with Crippen molar-refractivity contribution in [1.29, 1.82) is 0 Å². The molecule has 0 unspecified atom stereocenters. The molecule has 3 rings (SSSR count). The summed E-state index contributed by atoms with van der Waals surface area (Å²) in [6, 6.07) is 0. The zero-order valence-electron chi connectivity index (χ0n) is 18.6. The van der Waals surface area contributed by atoms with Crippen LogP contribution in [-0.2, 0) is 47.6 Å². The number of rotatable bonds is 8. The van der Waals surface area contributed by atoms with Crippen molar-refractivity contribution < 1.29 is 93.6 Å². The molecular weight excluding hydrogens is 654 g/mol. The van der Waals surface area contributed by atoms with Gasteiger partial charge in [-0.25, -0.2) is 0 Å². The average molecular weight is 688 g/mol. The van der Waals surface area contributed by atoms with E-state index in [4.69, 9.17) is 28.4 Å². The van der Waals surface area contributed by atoms with Crippen molar-refractivity contribution in [2.75, 3.05) is 26.9 Å². The summed E-state index contributed by atoms with van der Waals surface area (Å²) in [6.07, 6.45) is -19.9. The third kappa shape index (κ3) is 6.05. The molecule has 3 aliphatic heterocycles. The Kier molecular flexibility index (Phi) is 10.8. The molecule has 0 aromatic carbocycles. The summed E-state index contributed by atoms with van der Waals surface area (Å²) in [5.74, 6) is 0. The van der Waals surface area contributed by atoms with Gasteiger partial charge < -0.3 is 4.74 Å². The third-order valence-electron chi connectivity index (χ3n) is 6.26. The summed E-state index contributed by atoms with van der Waals surface area (Å²) in [4.78, 5) is 0. The molecule has 3 fully saturated rings. The van der Waals surface area contributed by atoms with E-state index in [0.29, 0.717) is 0 Å². The van der Waals surface area contributed by atoms with Crippen LogP contribution < -0.4 is 0 Å². The molecule has 0 aromatic rings. The van der Waals surface area contributed by atoms with Crippen molar-refractivity contribution in [3.63, 3.8) is 0 Å². The van der Waals surface area contributed by atoms with Gasteiger partial charge in [-0.05, 0) is 0 Å². The van der Waals surface area contributed by atoms with Gasteiger partial charge in [0.1, 0.15) is 0 Å². The minimum atomic E-state index is -1.79. The fourth-order valence-electron chi connectivity index (χ4n) is 4.21. The van der Waals surface area contributed by atoms with Crippen LogP contribution in [0.15, 0.2) is 0 Å². The van der Waals surface area contributed by atoms with Gasteiger partial charge in [-0.1, -0.05) is 0 Å². The van der Waals surface area contributed by atoms with E-state index in [1.54, 1.807) is 0 Å². The van der Waals surface area contributed by atoms with Gasteiger partial charge in [-0.15, -0.1) is 0 Å². The quantitative estimate of drug-likeness (QED) is 0.116. The molecule has 206 valence electrons. The second kappa shape index (κ2) is 12.7. The van der Waals surface area contributed by atoms with E-state index in [1.165, 1.54) is 7.11 Å². The number of methoxy groups -OCH3 is 1. The van der Waals surface area contributed by atoms with Gasteiger partial charge in [0.2, 0.25) is 0 Å². The Bertz CT molecular complexity index is 656. The summed E-state index contributed by atoms with van der Waals surface area (Å²) < 4.78 is 31.8. The van der Waals surface area contributed by atoms with Crippen molar-refractivity contribution in [1.82, 2.24) is 0 Å².